The van der Waals surface area contributed by atoms with Gasteiger partial charge in [-0.1, -0.05) is 6.92 Å². The van der Waals surface area contributed by atoms with Crippen LogP contribution in [0, 0.1) is 0 Å². The summed E-state index contributed by atoms with van der Waals surface area (Å²) in [5.41, 5.74) is 0. The molecule has 1 rings (SSSR count). The first-order valence-corrected chi connectivity index (χ1v) is 7.52. The van der Waals surface area contributed by atoms with Crippen LogP contribution in [-0.4, -0.2) is 58.7 Å². The topological polar surface area (TPSA) is 70.7 Å². The molecule has 1 fully saturated rings. The van der Waals surface area contributed by atoms with Gasteiger partial charge in [0.25, 0.3) is 10.2 Å². The molecule has 1 saturated heterocycles. The third-order valence-electron chi connectivity index (χ3n) is 2.73. The van der Waals surface area contributed by atoms with Gasteiger partial charge >= 0.3 is 0 Å². The summed E-state index contributed by atoms with van der Waals surface area (Å²) in [6, 6.07) is -0.0729. The normalized spacial score (nSPS) is 21.2. The van der Waals surface area contributed by atoms with E-state index in [1.165, 1.54) is 4.31 Å². The number of hydrogen-bond donors (Lipinski definition) is 2. The summed E-state index contributed by atoms with van der Waals surface area (Å²) in [7, 11) is -1.75. The van der Waals surface area contributed by atoms with Gasteiger partial charge in [-0.2, -0.15) is 17.4 Å². The van der Waals surface area contributed by atoms with Gasteiger partial charge in [-0.05, 0) is 25.9 Å². The van der Waals surface area contributed by atoms with Crippen LogP contribution in [0.5, 0.6) is 0 Å². The summed E-state index contributed by atoms with van der Waals surface area (Å²) in [5, 5.41) is 3.17. The standard InChI is InChI=1S/C10H23N3O3S/c1-3-11-6-4-7-13(2)17(14,15)12-10-5-8-16-9-10/h10-12H,3-9H2,1-2H3. The van der Waals surface area contributed by atoms with Crippen LogP contribution < -0.4 is 10.0 Å². The van der Waals surface area contributed by atoms with Crippen molar-refractivity contribution in [2.45, 2.75) is 25.8 Å². The molecular formula is C10H23N3O3S. The Kier molecular flexibility index (Phi) is 6.35. The molecule has 0 bridgehead atoms. The molecule has 0 saturated carbocycles. The minimum absolute atomic E-state index is 0.0729. The molecule has 1 unspecified atom stereocenters. The molecule has 6 nitrogen and oxygen atoms in total. The Hall–Kier alpha value is -0.210. The van der Waals surface area contributed by atoms with Gasteiger partial charge in [-0.3, -0.25) is 0 Å². The van der Waals surface area contributed by atoms with Crippen molar-refractivity contribution in [1.29, 1.82) is 0 Å². The molecule has 0 aromatic rings. The SMILES string of the molecule is CCNCCCN(C)S(=O)(=O)NC1CCOC1. The molecule has 1 atom stereocenters. The minimum atomic E-state index is -3.36. The molecule has 1 heterocycles. The van der Waals surface area contributed by atoms with Gasteiger partial charge < -0.3 is 10.1 Å². The van der Waals surface area contributed by atoms with Crippen molar-refractivity contribution < 1.29 is 13.2 Å². The summed E-state index contributed by atoms with van der Waals surface area (Å²) in [6.45, 7) is 5.41. The first-order valence-electron chi connectivity index (χ1n) is 6.08. The van der Waals surface area contributed by atoms with Crippen LogP contribution in [0.4, 0.5) is 0 Å². The van der Waals surface area contributed by atoms with Gasteiger partial charge in [0.2, 0.25) is 0 Å². The van der Waals surface area contributed by atoms with Crippen molar-refractivity contribution in [2.75, 3.05) is 39.9 Å². The van der Waals surface area contributed by atoms with Crippen molar-refractivity contribution in [2.24, 2.45) is 0 Å². The zero-order chi connectivity index (χ0) is 12.7. The minimum Gasteiger partial charge on any atom is -0.380 e. The second-order valence-corrected chi connectivity index (χ2v) is 6.02. The second-order valence-electron chi connectivity index (χ2n) is 4.21. The molecule has 0 aromatic carbocycles. The highest BCUT2D eigenvalue weighted by molar-refractivity contribution is 7.87. The first-order chi connectivity index (χ1) is 8.06. The van der Waals surface area contributed by atoms with E-state index >= 15 is 0 Å². The van der Waals surface area contributed by atoms with Crippen molar-refractivity contribution in [1.82, 2.24) is 14.3 Å². The molecule has 17 heavy (non-hydrogen) atoms. The summed E-state index contributed by atoms with van der Waals surface area (Å²) >= 11 is 0. The zero-order valence-corrected chi connectivity index (χ0v) is 11.4. The highest BCUT2D eigenvalue weighted by atomic mass is 32.2. The van der Waals surface area contributed by atoms with Crippen molar-refractivity contribution >= 4 is 10.2 Å². The van der Waals surface area contributed by atoms with E-state index < -0.39 is 10.2 Å². The Balaban J connectivity index is 2.29. The van der Waals surface area contributed by atoms with E-state index in [1.807, 2.05) is 6.92 Å². The second kappa shape index (κ2) is 7.27. The van der Waals surface area contributed by atoms with Crippen LogP contribution in [0.25, 0.3) is 0 Å². The molecule has 1 aliphatic rings. The molecular weight excluding hydrogens is 242 g/mol. The van der Waals surface area contributed by atoms with E-state index in [0.717, 1.165) is 25.9 Å². The van der Waals surface area contributed by atoms with Gasteiger partial charge in [-0.15, -0.1) is 0 Å². The van der Waals surface area contributed by atoms with Crippen LogP contribution in [0.2, 0.25) is 0 Å². The molecule has 0 radical (unpaired) electrons. The van der Waals surface area contributed by atoms with E-state index in [1.54, 1.807) is 7.05 Å². The quantitative estimate of drug-likeness (QED) is 0.583. The molecule has 7 heteroatoms. The van der Waals surface area contributed by atoms with Crippen LogP contribution in [0.15, 0.2) is 0 Å². The molecule has 0 aromatic heterocycles. The average Bonchev–Trinajstić information content (AvgIpc) is 2.76. The van der Waals surface area contributed by atoms with Crippen LogP contribution >= 0.6 is 0 Å². The summed E-state index contributed by atoms with van der Waals surface area (Å²) < 4.78 is 32.9. The maximum Gasteiger partial charge on any atom is 0.279 e. The molecule has 0 amide bonds. The molecule has 2 N–H and O–H groups in total. The fraction of sp³-hybridized carbons (Fsp3) is 1.00. The van der Waals surface area contributed by atoms with Crippen molar-refractivity contribution in [3.63, 3.8) is 0 Å². The predicted octanol–water partition coefficient (Wildman–Crippen LogP) is -0.459. The lowest BCUT2D eigenvalue weighted by molar-refractivity contribution is 0.192. The van der Waals surface area contributed by atoms with Crippen molar-refractivity contribution in [3.05, 3.63) is 0 Å². The maximum atomic E-state index is 11.9. The fourth-order valence-electron chi connectivity index (χ4n) is 1.65. The fourth-order valence-corrected chi connectivity index (χ4v) is 2.81. The van der Waals surface area contributed by atoms with Crippen molar-refractivity contribution in [3.8, 4) is 0 Å². The number of hydrogen-bond acceptors (Lipinski definition) is 4. The van der Waals surface area contributed by atoms with E-state index in [9.17, 15) is 8.42 Å². The van der Waals surface area contributed by atoms with Gasteiger partial charge in [0.15, 0.2) is 0 Å². The lowest BCUT2D eigenvalue weighted by Crippen LogP contribution is -2.44. The maximum absolute atomic E-state index is 11.9. The third kappa shape index (κ3) is 5.31. The Labute approximate surface area is 104 Å². The van der Waals surface area contributed by atoms with Gasteiger partial charge in [0.05, 0.1) is 6.61 Å². The lowest BCUT2D eigenvalue weighted by Gasteiger charge is -2.20. The summed E-state index contributed by atoms with van der Waals surface area (Å²) in [5.74, 6) is 0. The zero-order valence-electron chi connectivity index (χ0n) is 10.6. The summed E-state index contributed by atoms with van der Waals surface area (Å²) in [6.07, 6.45) is 1.57. The highest BCUT2D eigenvalue weighted by Crippen LogP contribution is 2.06. The monoisotopic (exact) mass is 265 g/mol. The smallest absolute Gasteiger partial charge is 0.279 e. The number of ether oxygens (including phenoxy) is 1. The van der Waals surface area contributed by atoms with Crippen LogP contribution in [0.3, 0.4) is 0 Å². The number of nitrogens with zero attached hydrogens (tertiary/aromatic N) is 1. The third-order valence-corrected chi connectivity index (χ3v) is 4.37. The van der Waals surface area contributed by atoms with E-state index in [4.69, 9.17) is 4.74 Å². The molecule has 1 aliphatic heterocycles. The van der Waals surface area contributed by atoms with Gasteiger partial charge in [0, 0.05) is 26.2 Å². The number of rotatable bonds is 8. The van der Waals surface area contributed by atoms with E-state index in [2.05, 4.69) is 10.0 Å². The van der Waals surface area contributed by atoms with E-state index in [0.29, 0.717) is 19.8 Å². The van der Waals surface area contributed by atoms with Gasteiger partial charge in [-0.25, -0.2) is 0 Å². The van der Waals surface area contributed by atoms with Crippen LogP contribution in [0.1, 0.15) is 19.8 Å². The molecule has 102 valence electrons. The first kappa shape index (κ1) is 14.8. The Bertz CT molecular complexity index is 302. The Morgan fingerprint density at radius 3 is 2.82 bits per heavy atom. The lowest BCUT2D eigenvalue weighted by atomic mass is 10.3. The average molecular weight is 265 g/mol. The highest BCUT2D eigenvalue weighted by Gasteiger charge is 2.24. The Morgan fingerprint density at radius 2 is 2.24 bits per heavy atom. The Morgan fingerprint density at radius 1 is 1.47 bits per heavy atom. The van der Waals surface area contributed by atoms with E-state index in [-0.39, 0.29) is 6.04 Å². The largest absolute Gasteiger partial charge is 0.380 e. The van der Waals surface area contributed by atoms with Crippen LogP contribution in [-0.2, 0) is 14.9 Å². The number of nitrogens with one attached hydrogen (secondary N) is 2. The molecule has 0 spiro atoms. The summed E-state index contributed by atoms with van der Waals surface area (Å²) in [4.78, 5) is 0. The predicted molar refractivity (Wildman–Crippen MR) is 67.1 cm³/mol. The van der Waals surface area contributed by atoms with Gasteiger partial charge in [0.1, 0.15) is 0 Å². The molecule has 0 aliphatic carbocycles.